The lowest BCUT2D eigenvalue weighted by Crippen LogP contribution is -2.20. The van der Waals surface area contributed by atoms with Gasteiger partial charge in [0.05, 0.1) is 12.1 Å². The number of carbonyl (C=O) groups is 1. The Balaban J connectivity index is 2.05. The number of benzene rings is 2. The number of carbonyl (C=O) groups excluding carboxylic acids is 1. The van der Waals surface area contributed by atoms with E-state index in [2.05, 4.69) is 10.9 Å². The molecular formula is C16H17ClN2O3. The zero-order valence-corrected chi connectivity index (χ0v) is 13.1. The van der Waals surface area contributed by atoms with Crippen molar-refractivity contribution in [2.75, 3.05) is 12.5 Å². The smallest absolute Gasteiger partial charge is 0.308 e. The molecule has 0 radical (unpaired) electrons. The van der Waals surface area contributed by atoms with Crippen LogP contribution >= 0.6 is 11.6 Å². The Hall–Kier alpha value is -2.24. The minimum Gasteiger partial charge on any atom is -0.493 e. The quantitative estimate of drug-likeness (QED) is 0.485. The summed E-state index contributed by atoms with van der Waals surface area (Å²) in [6.45, 7) is 1.83. The van der Waals surface area contributed by atoms with Gasteiger partial charge in [0.2, 0.25) is 0 Å². The first-order chi connectivity index (χ1) is 10.6. The molecule has 2 aromatic rings. The van der Waals surface area contributed by atoms with Crippen LogP contribution in [0.1, 0.15) is 12.5 Å². The summed E-state index contributed by atoms with van der Waals surface area (Å²) < 4.78 is 10.3. The molecule has 2 N–H and O–H groups in total. The third-order valence-corrected chi connectivity index (χ3v) is 3.11. The molecule has 0 aliphatic heterocycles. The standard InChI is InChI=1S/C16H17ClN2O3/c1-11(20)22-16-14(17)8-12(9-15(16)21-2)10-18-19-13-6-4-3-5-7-13/h3-9,18-19H,10H2,1-2H3. The van der Waals surface area contributed by atoms with Crippen molar-refractivity contribution in [2.45, 2.75) is 13.5 Å². The molecule has 5 nitrogen and oxygen atoms in total. The average Bonchev–Trinajstić information content (AvgIpc) is 2.50. The second-order valence-electron chi connectivity index (χ2n) is 4.55. The van der Waals surface area contributed by atoms with Gasteiger partial charge < -0.3 is 14.9 Å². The first-order valence-corrected chi connectivity index (χ1v) is 7.06. The van der Waals surface area contributed by atoms with Gasteiger partial charge in [-0.15, -0.1) is 0 Å². The molecule has 0 unspecified atom stereocenters. The van der Waals surface area contributed by atoms with Crippen LogP contribution in [0.25, 0.3) is 0 Å². The van der Waals surface area contributed by atoms with Crippen molar-refractivity contribution in [2.24, 2.45) is 0 Å². The maximum atomic E-state index is 11.1. The van der Waals surface area contributed by atoms with E-state index in [9.17, 15) is 4.79 Å². The highest BCUT2D eigenvalue weighted by Crippen LogP contribution is 2.36. The molecule has 0 amide bonds. The first kappa shape index (κ1) is 16.1. The lowest BCUT2D eigenvalue weighted by molar-refractivity contribution is -0.132. The molecule has 116 valence electrons. The Morgan fingerprint density at radius 1 is 1.23 bits per heavy atom. The van der Waals surface area contributed by atoms with Crippen LogP contribution in [-0.2, 0) is 11.3 Å². The van der Waals surface area contributed by atoms with Gasteiger partial charge in [-0.3, -0.25) is 4.79 Å². The van der Waals surface area contributed by atoms with Crippen molar-refractivity contribution >= 4 is 23.3 Å². The first-order valence-electron chi connectivity index (χ1n) is 6.69. The molecular weight excluding hydrogens is 304 g/mol. The number of halogens is 1. The number of hydrazine groups is 1. The van der Waals surface area contributed by atoms with Crippen LogP contribution in [0.4, 0.5) is 5.69 Å². The van der Waals surface area contributed by atoms with Gasteiger partial charge in [0.1, 0.15) is 0 Å². The predicted octanol–water partition coefficient (Wildman–Crippen LogP) is 3.39. The van der Waals surface area contributed by atoms with Crippen molar-refractivity contribution in [1.82, 2.24) is 5.43 Å². The molecule has 0 aliphatic rings. The van der Waals surface area contributed by atoms with E-state index in [-0.39, 0.29) is 5.75 Å². The Morgan fingerprint density at radius 2 is 1.95 bits per heavy atom. The molecule has 0 spiro atoms. The maximum Gasteiger partial charge on any atom is 0.308 e. The Bertz CT molecular complexity index is 647. The number of hydrogen-bond acceptors (Lipinski definition) is 5. The van der Waals surface area contributed by atoms with Crippen molar-refractivity contribution < 1.29 is 14.3 Å². The van der Waals surface area contributed by atoms with Crippen molar-refractivity contribution in [3.8, 4) is 11.5 Å². The van der Waals surface area contributed by atoms with E-state index in [0.717, 1.165) is 11.3 Å². The summed E-state index contributed by atoms with van der Waals surface area (Å²) in [6, 6.07) is 13.2. The average molecular weight is 321 g/mol. The highest BCUT2D eigenvalue weighted by Gasteiger charge is 2.13. The Kier molecular flexibility index (Phi) is 5.63. The van der Waals surface area contributed by atoms with Gasteiger partial charge in [-0.05, 0) is 29.8 Å². The fraction of sp³-hybridized carbons (Fsp3) is 0.188. The van der Waals surface area contributed by atoms with E-state index >= 15 is 0 Å². The van der Waals surface area contributed by atoms with Crippen molar-refractivity contribution in [3.63, 3.8) is 0 Å². The van der Waals surface area contributed by atoms with E-state index in [0.29, 0.717) is 17.3 Å². The topological polar surface area (TPSA) is 59.6 Å². The van der Waals surface area contributed by atoms with Gasteiger partial charge in [-0.25, -0.2) is 5.43 Å². The number of nitrogens with one attached hydrogen (secondary N) is 2. The molecule has 0 saturated heterocycles. The Labute approximate surface area is 134 Å². The molecule has 2 rings (SSSR count). The Morgan fingerprint density at radius 3 is 2.59 bits per heavy atom. The molecule has 0 saturated carbocycles. The van der Waals surface area contributed by atoms with Gasteiger partial charge in [-0.2, -0.15) is 0 Å². The SMILES string of the molecule is COc1cc(CNNc2ccccc2)cc(Cl)c1OC(C)=O. The summed E-state index contributed by atoms with van der Waals surface area (Å²) in [6.07, 6.45) is 0. The molecule has 0 aromatic heterocycles. The van der Waals surface area contributed by atoms with Crippen LogP contribution in [0.3, 0.4) is 0 Å². The summed E-state index contributed by atoms with van der Waals surface area (Å²) in [4.78, 5) is 11.1. The number of rotatable bonds is 6. The molecule has 0 atom stereocenters. The fourth-order valence-electron chi connectivity index (χ4n) is 1.89. The predicted molar refractivity (Wildman–Crippen MR) is 86.2 cm³/mol. The van der Waals surface area contributed by atoms with Crippen LogP contribution in [0.2, 0.25) is 5.02 Å². The zero-order chi connectivity index (χ0) is 15.9. The van der Waals surface area contributed by atoms with Gasteiger partial charge >= 0.3 is 5.97 Å². The normalized spacial score (nSPS) is 10.1. The summed E-state index contributed by atoms with van der Waals surface area (Å²) >= 11 is 6.15. The van der Waals surface area contributed by atoms with E-state index in [1.54, 1.807) is 12.1 Å². The summed E-state index contributed by atoms with van der Waals surface area (Å²) in [7, 11) is 1.50. The number of anilines is 1. The summed E-state index contributed by atoms with van der Waals surface area (Å²) in [5.74, 6) is 0.201. The van der Waals surface area contributed by atoms with E-state index < -0.39 is 5.97 Å². The molecule has 2 aromatic carbocycles. The fourth-order valence-corrected chi connectivity index (χ4v) is 2.16. The monoisotopic (exact) mass is 320 g/mol. The van der Waals surface area contributed by atoms with Gasteiger partial charge in [0.25, 0.3) is 0 Å². The molecule has 0 fully saturated rings. The highest BCUT2D eigenvalue weighted by atomic mass is 35.5. The molecule has 0 heterocycles. The van der Waals surface area contributed by atoms with E-state index in [1.165, 1.54) is 14.0 Å². The van der Waals surface area contributed by atoms with Crippen LogP contribution in [0.5, 0.6) is 11.5 Å². The van der Waals surface area contributed by atoms with E-state index in [1.807, 2.05) is 30.3 Å². The van der Waals surface area contributed by atoms with Gasteiger partial charge in [-0.1, -0.05) is 29.8 Å². The van der Waals surface area contributed by atoms with Crippen LogP contribution in [0, 0.1) is 0 Å². The molecule has 22 heavy (non-hydrogen) atoms. The number of ether oxygens (including phenoxy) is 2. The lowest BCUT2D eigenvalue weighted by Gasteiger charge is -2.13. The minimum absolute atomic E-state index is 0.233. The number of esters is 1. The largest absolute Gasteiger partial charge is 0.493 e. The third-order valence-electron chi connectivity index (χ3n) is 2.83. The maximum absolute atomic E-state index is 11.1. The van der Waals surface area contributed by atoms with Gasteiger partial charge in [0, 0.05) is 19.2 Å². The van der Waals surface area contributed by atoms with Crippen LogP contribution in [-0.4, -0.2) is 13.1 Å². The second-order valence-corrected chi connectivity index (χ2v) is 4.95. The van der Waals surface area contributed by atoms with Crippen molar-refractivity contribution in [1.29, 1.82) is 0 Å². The minimum atomic E-state index is -0.447. The van der Waals surface area contributed by atoms with Gasteiger partial charge in [0.15, 0.2) is 11.5 Å². The molecule has 6 heteroatoms. The molecule has 0 aliphatic carbocycles. The zero-order valence-electron chi connectivity index (χ0n) is 12.4. The summed E-state index contributed by atoms with van der Waals surface area (Å²) in [5.41, 5.74) is 8.01. The number of para-hydroxylation sites is 1. The number of methoxy groups -OCH3 is 1. The van der Waals surface area contributed by atoms with Crippen molar-refractivity contribution in [3.05, 3.63) is 53.1 Å². The second kappa shape index (κ2) is 7.68. The van der Waals surface area contributed by atoms with Crippen LogP contribution in [0.15, 0.2) is 42.5 Å². The highest BCUT2D eigenvalue weighted by molar-refractivity contribution is 6.32. The summed E-state index contributed by atoms with van der Waals surface area (Å²) in [5, 5.41) is 0.325. The van der Waals surface area contributed by atoms with Crippen LogP contribution < -0.4 is 20.3 Å². The molecule has 0 bridgehead atoms. The van der Waals surface area contributed by atoms with E-state index in [4.69, 9.17) is 21.1 Å². The lowest BCUT2D eigenvalue weighted by atomic mass is 10.2. The number of hydrogen-bond donors (Lipinski definition) is 2. The third kappa shape index (κ3) is 4.38.